The van der Waals surface area contributed by atoms with Crippen LogP contribution in [0, 0.1) is 5.92 Å². The molecule has 0 aliphatic heterocycles. The molecule has 0 bridgehead atoms. The van der Waals surface area contributed by atoms with Gasteiger partial charge < -0.3 is 9.47 Å². The van der Waals surface area contributed by atoms with E-state index in [1.54, 1.807) is 19.9 Å². The van der Waals surface area contributed by atoms with E-state index in [2.05, 4.69) is 5.32 Å². The van der Waals surface area contributed by atoms with Crippen LogP contribution in [0.25, 0.3) is 0 Å². The topological polar surface area (TPSA) is 64.6 Å². The predicted octanol–water partition coefficient (Wildman–Crippen LogP) is 5.44. The van der Waals surface area contributed by atoms with Gasteiger partial charge in [-0.15, -0.1) is 0 Å². The Hall–Kier alpha value is -2.22. The van der Waals surface area contributed by atoms with E-state index in [1.807, 2.05) is 13.8 Å². The van der Waals surface area contributed by atoms with Gasteiger partial charge in [-0.25, -0.2) is 9.59 Å². The summed E-state index contributed by atoms with van der Waals surface area (Å²) in [5.41, 5.74) is -0.863. The van der Waals surface area contributed by atoms with Crippen LogP contribution in [-0.2, 0) is 20.4 Å². The highest BCUT2D eigenvalue weighted by molar-refractivity contribution is 6.33. The summed E-state index contributed by atoms with van der Waals surface area (Å²) in [6.45, 7) is 7.02. The normalized spacial score (nSPS) is 13.3. The van der Waals surface area contributed by atoms with E-state index < -0.39 is 29.9 Å². The fourth-order valence-electron chi connectivity index (χ4n) is 1.85. The lowest BCUT2D eigenvalue weighted by molar-refractivity contribution is -0.152. The number of halogens is 4. The number of carbonyl (C=O) groups excluding carboxylic acids is 2. The summed E-state index contributed by atoms with van der Waals surface area (Å²) in [6.07, 6.45) is -5.50. The Labute approximate surface area is 160 Å². The minimum absolute atomic E-state index is 0.0817. The molecule has 1 aromatic carbocycles. The van der Waals surface area contributed by atoms with Gasteiger partial charge in [-0.3, -0.25) is 5.32 Å². The number of hydrogen-bond donors (Lipinski definition) is 1. The summed E-state index contributed by atoms with van der Waals surface area (Å²) < 4.78 is 48.5. The Balaban J connectivity index is 2.93. The second-order valence-electron chi connectivity index (χ2n) is 6.16. The highest BCUT2D eigenvalue weighted by atomic mass is 35.5. The quantitative estimate of drug-likeness (QED) is 0.503. The van der Waals surface area contributed by atoms with Crippen LogP contribution in [0.1, 0.15) is 33.3 Å². The number of hydrogen-bond acceptors (Lipinski definition) is 4. The minimum atomic E-state index is -4.60. The molecule has 1 N–H and O–H groups in total. The molecule has 0 heterocycles. The maximum absolute atomic E-state index is 12.8. The smallest absolute Gasteiger partial charge is 0.416 e. The van der Waals surface area contributed by atoms with E-state index in [0.29, 0.717) is 11.6 Å². The molecular weight excluding hydrogens is 387 g/mol. The van der Waals surface area contributed by atoms with Crippen LogP contribution < -0.4 is 5.32 Å². The molecule has 5 nitrogen and oxygen atoms in total. The third-order valence-corrected chi connectivity index (χ3v) is 3.73. The standard InChI is InChI=1S/C18H21ClF3NO4/c1-5-11(4)15(16(24)26-9-10(2)3)27-17(25)23-14-8-12(18(20,21)22)6-7-13(14)19/h5-8,10,15H,9H2,1-4H3,(H,23,25). The zero-order chi connectivity index (χ0) is 20.8. The molecule has 1 aromatic rings. The number of carbonyl (C=O) groups is 2. The molecule has 0 radical (unpaired) electrons. The van der Waals surface area contributed by atoms with E-state index in [-0.39, 0.29) is 23.2 Å². The number of amides is 1. The Kier molecular flexibility index (Phi) is 8.15. The van der Waals surface area contributed by atoms with E-state index in [1.165, 1.54) is 0 Å². The lowest BCUT2D eigenvalue weighted by Gasteiger charge is -2.19. The van der Waals surface area contributed by atoms with E-state index >= 15 is 0 Å². The Morgan fingerprint density at radius 1 is 1.30 bits per heavy atom. The molecule has 0 aliphatic carbocycles. The van der Waals surface area contributed by atoms with Crippen molar-refractivity contribution < 1.29 is 32.2 Å². The molecule has 1 amide bonds. The van der Waals surface area contributed by atoms with Crippen molar-refractivity contribution in [1.82, 2.24) is 0 Å². The molecular formula is C18H21ClF3NO4. The van der Waals surface area contributed by atoms with Crippen LogP contribution in [0.5, 0.6) is 0 Å². The first-order valence-corrected chi connectivity index (χ1v) is 8.47. The molecule has 1 unspecified atom stereocenters. The lowest BCUT2D eigenvalue weighted by atomic mass is 10.1. The predicted molar refractivity (Wildman–Crippen MR) is 95.6 cm³/mol. The summed E-state index contributed by atoms with van der Waals surface area (Å²) >= 11 is 5.82. The van der Waals surface area contributed by atoms with Crippen LogP contribution in [-0.4, -0.2) is 24.8 Å². The van der Waals surface area contributed by atoms with Crippen molar-refractivity contribution in [3.8, 4) is 0 Å². The molecule has 0 aliphatic rings. The molecule has 0 spiro atoms. The molecule has 0 aromatic heterocycles. The second kappa shape index (κ2) is 9.64. The van der Waals surface area contributed by atoms with Crippen LogP contribution in [0.4, 0.5) is 23.7 Å². The molecule has 0 saturated carbocycles. The number of anilines is 1. The first-order valence-electron chi connectivity index (χ1n) is 8.09. The summed E-state index contributed by atoms with van der Waals surface area (Å²) in [7, 11) is 0. The van der Waals surface area contributed by atoms with Crippen molar-refractivity contribution in [1.29, 1.82) is 0 Å². The maximum atomic E-state index is 12.8. The Morgan fingerprint density at radius 2 is 1.93 bits per heavy atom. The molecule has 150 valence electrons. The largest absolute Gasteiger partial charge is 0.462 e. The van der Waals surface area contributed by atoms with Crippen molar-refractivity contribution in [2.24, 2.45) is 5.92 Å². The fourth-order valence-corrected chi connectivity index (χ4v) is 2.01. The van der Waals surface area contributed by atoms with E-state index in [4.69, 9.17) is 21.1 Å². The summed E-state index contributed by atoms with van der Waals surface area (Å²) in [4.78, 5) is 24.2. The first kappa shape index (κ1) is 22.8. The van der Waals surface area contributed by atoms with Gasteiger partial charge in [0.2, 0.25) is 6.10 Å². The zero-order valence-corrected chi connectivity index (χ0v) is 16.1. The summed E-state index contributed by atoms with van der Waals surface area (Å²) in [5, 5.41) is 2.01. The number of alkyl halides is 3. The van der Waals surface area contributed by atoms with Crippen molar-refractivity contribution in [2.75, 3.05) is 11.9 Å². The first-order chi connectivity index (χ1) is 12.5. The van der Waals surface area contributed by atoms with Crippen LogP contribution in [0.3, 0.4) is 0 Å². The Morgan fingerprint density at radius 3 is 2.44 bits per heavy atom. The monoisotopic (exact) mass is 407 g/mol. The third kappa shape index (κ3) is 7.13. The van der Waals surface area contributed by atoms with Crippen molar-refractivity contribution in [3.63, 3.8) is 0 Å². The van der Waals surface area contributed by atoms with Crippen molar-refractivity contribution in [3.05, 3.63) is 40.4 Å². The number of allylic oxidation sites excluding steroid dienone is 1. The van der Waals surface area contributed by atoms with Gasteiger partial charge in [0.1, 0.15) is 0 Å². The molecule has 1 atom stereocenters. The van der Waals surface area contributed by atoms with Gasteiger partial charge in [0.25, 0.3) is 0 Å². The van der Waals surface area contributed by atoms with Crippen LogP contribution in [0.2, 0.25) is 5.02 Å². The van der Waals surface area contributed by atoms with Gasteiger partial charge in [0, 0.05) is 0 Å². The van der Waals surface area contributed by atoms with Gasteiger partial charge >= 0.3 is 18.2 Å². The van der Waals surface area contributed by atoms with Crippen molar-refractivity contribution in [2.45, 2.75) is 40.0 Å². The average molecular weight is 408 g/mol. The third-order valence-electron chi connectivity index (χ3n) is 3.40. The SMILES string of the molecule is CC=C(C)C(OC(=O)Nc1cc(C(F)(F)F)ccc1Cl)C(=O)OCC(C)C. The van der Waals surface area contributed by atoms with Gasteiger partial charge in [-0.05, 0) is 43.5 Å². The number of esters is 1. The van der Waals surface area contributed by atoms with Gasteiger partial charge in [-0.2, -0.15) is 13.2 Å². The number of ether oxygens (including phenoxy) is 2. The zero-order valence-electron chi connectivity index (χ0n) is 15.3. The van der Waals surface area contributed by atoms with Gasteiger partial charge in [0.05, 0.1) is 22.9 Å². The highest BCUT2D eigenvalue weighted by Crippen LogP contribution is 2.33. The Bertz CT molecular complexity index is 717. The highest BCUT2D eigenvalue weighted by Gasteiger charge is 2.31. The molecule has 9 heteroatoms. The van der Waals surface area contributed by atoms with Gasteiger partial charge in [0.15, 0.2) is 0 Å². The number of nitrogens with one attached hydrogen (secondary N) is 1. The fraction of sp³-hybridized carbons (Fsp3) is 0.444. The number of rotatable bonds is 6. The lowest BCUT2D eigenvalue weighted by Crippen LogP contribution is -2.33. The van der Waals surface area contributed by atoms with Crippen LogP contribution in [0.15, 0.2) is 29.8 Å². The molecule has 0 saturated heterocycles. The molecule has 1 rings (SSSR count). The maximum Gasteiger partial charge on any atom is 0.416 e. The molecule has 27 heavy (non-hydrogen) atoms. The van der Waals surface area contributed by atoms with E-state index in [0.717, 1.165) is 12.1 Å². The van der Waals surface area contributed by atoms with E-state index in [9.17, 15) is 22.8 Å². The van der Waals surface area contributed by atoms with Crippen LogP contribution >= 0.6 is 11.6 Å². The average Bonchev–Trinajstić information content (AvgIpc) is 2.57. The molecule has 0 fully saturated rings. The number of benzene rings is 1. The minimum Gasteiger partial charge on any atom is -0.462 e. The second-order valence-corrected chi connectivity index (χ2v) is 6.57. The summed E-state index contributed by atoms with van der Waals surface area (Å²) in [6, 6.07) is 2.47. The summed E-state index contributed by atoms with van der Waals surface area (Å²) in [5.74, 6) is -0.692. The van der Waals surface area contributed by atoms with Crippen molar-refractivity contribution >= 4 is 29.4 Å². The van der Waals surface area contributed by atoms with Gasteiger partial charge in [-0.1, -0.05) is 31.5 Å².